The van der Waals surface area contributed by atoms with Gasteiger partial charge in [0, 0.05) is 18.2 Å². The third-order valence-corrected chi connectivity index (χ3v) is 3.23. The fraction of sp³-hybridized carbons (Fsp3) is 0.533. The summed E-state index contributed by atoms with van der Waals surface area (Å²) in [6.45, 7) is 8.70. The quantitative estimate of drug-likeness (QED) is 0.841. The summed E-state index contributed by atoms with van der Waals surface area (Å²) in [5, 5.41) is 2.95. The predicted octanol–water partition coefficient (Wildman–Crippen LogP) is 2.47. The highest BCUT2D eigenvalue weighted by Crippen LogP contribution is 2.16. The molecule has 0 radical (unpaired) electrons. The number of carbonyl (C=O) groups excluding carboxylic acids is 1. The Labute approximate surface area is 110 Å². The second kappa shape index (κ2) is 6.55. The van der Waals surface area contributed by atoms with Crippen molar-refractivity contribution in [2.24, 2.45) is 5.73 Å². The van der Waals surface area contributed by atoms with Crippen LogP contribution in [0.15, 0.2) is 12.1 Å². The van der Waals surface area contributed by atoms with Gasteiger partial charge in [-0.2, -0.15) is 0 Å². The molecule has 1 aromatic carbocycles. The van der Waals surface area contributed by atoms with Crippen molar-refractivity contribution < 1.29 is 4.79 Å². The lowest BCUT2D eigenvalue weighted by molar-refractivity contribution is 0.0951. The van der Waals surface area contributed by atoms with Crippen molar-refractivity contribution in [2.45, 2.75) is 46.6 Å². The Kier molecular flexibility index (Phi) is 5.35. The molecule has 1 rings (SSSR count). The van der Waals surface area contributed by atoms with E-state index < -0.39 is 0 Å². The Morgan fingerprint density at radius 1 is 1.28 bits per heavy atom. The van der Waals surface area contributed by atoms with Gasteiger partial charge in [0.1, 0.15) is 0 Å². The van der Waals surface area contributed by atoms with Crippen LogP contribution in [-0.2, 0) is 0 Å². The van der Waals surface area contributed by atoms with Crippen molar-refractivity contribution in [3.63, 3.8) is 0 Å². The Hall–Kier alpha value is -1.35. The molecule has 1 unspecified atom stereocenters. The lowest BCUT2D eigenvalue weighted by atomic mass is 9.99. The number of benzene rings is 1. The van der Waals surface area contributed by atoms with Gasteiger partial charge in [-0.05, 0) is 44.7 Å². The van der Waals surface area contributed by atoms with Crippen molar-refractivity contribution in [3.05, 3.63) is 34.4 Å². The molecule has 0 bridgehead atoms. The summed E-state index contributed by atoms with van der Waals surface area (Å²) in [5.74, 6) is 0.00769. The van der Waals surface area contributed by atoms with Crippen LogP contribution in [-0.4, -0.2) is 18.5 Å². The minimum absolute atomic E-state index is 0.00769. The highest BCUT2D eigenvalue weighted by Gasteiger charge is 2.12. The van der Waals surface area contributed by atoms with Gasteiger partial charge in [-0.25, -0.2) is 0 Å². The average molecular weight is 248 g/mol. The van der Waals surface area contributed by atoms with E-state index in [0.29, 0.717) is 6.54 Å². The van der Waals surface area contributed by atoms with Crippen LogP contribution in [0.1, 0.15) is 46.8 Å². The molecule has 0 heterocycles. The van der Waals surface area contributed by atoms with Crippen LogP contribution >= 0.6 is 0 Å². The summed E-state index contributed by atoms with van der Waals surface area (Å²) in [6.07, 6.45) is 1.77. The summed E-state index contributed by atoms with van der Waals surface area (Å²) in [6, 6.07) is 4.25. The molecule has 0 saturated carbocycles. The molecule has 0 aliphatic heterocycles. The Morgan fingerprint density at radius 3 is 2.33 bits per heavy atom. The maximum absolute atomic E-state index is 12.1. The maximum Gasteiger partial charge on any atom is 0.251 e. The van der Waals surface area contributed by atoms with E-state index in [-0.39, 0.29) is 11.9 Å². The topological polar surface area (TPSA) is 55.1 Å². The first-order chi connectivity index (χ1) is 8.45. The van der Waals surface area contributed by atoms with Gasteiger partial charge in [-0.1, -0.05) is 24.6 Å². The molecule has 1 amide bonds. The van der Waals surface area contributed by atoms with Crippen molar-refractivity contribution in [2.75, 3.05) is 6.54 Å². The molecule has 0 aromatic heterocycles. The van der Waals surface area contributed by atoms with E-state index in [2.05, 4.69) is 12.2 Å². The van der Waals surface area contributed by atoms with E-state index in [4.69, 9.17) is 5.73 Å². The zero-order chi connectivity index (χ0) is 13.7. The first-order valence-corrected chi connectivity index (χ1v) is 6.57. The van der Waals surface area contributed by atoms with Gasteiger partial charge in [-0.15, -0.1) is 0 Å². The zero-order valence-electron chi connectivity index (χ0n) is 11.8. The number of nitrogens with one attached hydrogen (secondary N) is 1. The average Bonchev–Trinajstić information content (AvgIpc) is 2.27. The smallest absolute Gasteiger partial charge is 0.251 e. The molecule has 0 aliphatic carbocycles. The van der Waals surface area contributed by atoms with Gasteiger partial charge in [0.25, 0.3) is 5.91 Å². The number of rotatable bonds is 5. The van der Waals surface area contributed by atoms with Crippen molar-refractivity contribution >= 4 is 5.91 Å². The largest absolute Gasteiger partial charge is 0.352 e. The molecule has 0 spiro atoms. The summed E-state index contributed by atoms with van der Waals surface area (Å²) < 4.78 is 0. The van der Waals surface area contributed by atoms with Gasteiger partial charge in [0.15, 0.2) is 0 Å². The van der Waals surface area contributed by atoms with E-state index in [9.17, 15) is 4.79 Å². The predicted molar refractivity (Wildman–Crippen MR) is 75.9 cm³/mol. The molecule has 1 aromatic rings. The van der Waals surface area contributed by atoms with E-state index in [1.807, 2.05) is 32.9 Å². The van der Waals surface area contributed by atoms with Gasteiger partial charge < -0.3 is 11.1 Å². The number of aryl methyl sites for hydroxylation is 3. The highest BCUT2D eigenvalue weighted by molar-refractivity contribution is 5.97. The molecule has 18 heavy (non-hydrogen) atoms. The normalized spacial score (nSPS) is 12.3. The number of carbonyl (C=O) groups is 1. The zero-order valence-corrected chi connectivity index (χ0v) is 11.8. The first-order valence-electron chi connectivity index (χ1n) is 6.57. The molecule has 3 N–H and O–H groups in total. The van der Waals surface area contributed by atoms with Gasteiger partial charge in [0.05, 0.1) is 0 Å². The molecule has 100 valence electrons. The summed E-state index contributed by atoms with van der Waals surface area (Å²) in [7, 11) is 0. The van der Waals surface area contributed by atoms with Gasteiger partial charge >= 0.3 is 0 Å². The molecule has 0 aliphatic rings. The van der Waals surface area contributed by atoms with E-state index in [0.717, 1.165) is 29.5 Å². The van der Waals surface area contributed by atoms with Crippen LogP contribution in [0, 0.1) is 20.8 Å². The summed E-state index contributed by atoms with van der Waals surface area (Å²) >= 11 is 0. The molecular weight excluding hydrogens is 224 g/mol. The number of hydrogen-bond donors (Lipinski definition) is 2. The highest BCUT2D eigenvalue weighted by atomic mass is 16.1. The number of nitrogens with two attached hydrogens (primary N) is 1. The van der Waals surface area contributed by atoms with Crippen LogP contribution in [0.3, 0.4) is 0 Å². The third-order valence-electron chi connectivity index (χ3n) is 3.23. The fourth-order valence-corrected chi connectivity index (χ4v) is 2.20. The van der Waals surface area contributed by atoms with Crippen LogP contribution in [0.5, 0.6) is 0 Å². The Balaban J connectivity index is 2.67. The van der Waals surface area contributed by atoms with Crippen LogP contribution in [0.4, 0.5) is 0 Å². The van der Waals surface area contributed by atoms with Crippen LogP contribution in [0.25, 0.3) is 0 Å². The number of amides is 1. The minimum Gasteiger partial charge on any atom is -0.352 e. The molecule has 3 nitrogen and oxygen atoms in total. The van der Waals surface area contributed by atoms with Crippen LogP contribution < -0.4 is 11.1 Å². The van der Waals surface area contributed by atoms with Gasteiger partial charge in [0.2, 0.25) is 0 Å². The van der Waals surface area contributed by atoms with E-state index >= 15 is 0 Å². The molecule has 3 heteroatoms. The van der Waals surface area contributed by atoms with E-state index in [1.165, 1.54) is 5.56 Å². The molecular formula is C15H24N2O. The lowest BCUT2D eigenvalue weighted by Gasteiger charge is -2.13. The first kappa shape index (κ1) is 14.7. The van der Waals surface area contributed by atoms with Crippen LogP contribution in [0.2, 0.25) is 0 Å². The second-order valence-corrected chi connectivity index (χ2v) is 4.99. The number of hydrogen-bond acceptors (Lipinski definition) is 2. The maximum atomic E-state index is 12.1. The summed E-state index contributed by atoms with van der Waals surface area (Å²) in [4.78, 5) is 12.1. The van der Waals surface area contributed by atoms with Crippen molar-refractivity contribution in [1.82, 2.24) is 5.32 Å². The fourth-order valence-electron chi connectivity index (χ4n) is 2.20. The SMILES string of the molecule is CCC(N)CCNC(=O)c1c(C)cc(C)cc1C. The molecule has 0 fully saturated rings. The minimum atomic E-state index is 0.00769. The Bertz CT molecular complexity index is 403. The third kappa shape index (κ3) is 3.84. The van der Waals surface area contributed by atoms with Gasteiger partial charge in [-0.3, -0.25) is 4.79 Å². The molecule has 1 atom stereocenters. The molecule has 0 saturated heterocycles. The van der Waals surface area contributed by atoms with Crippen molar-refractivity contribution in [1.29, 1.82) is 0 Å². The monoisotopic (exact) mass is 248 g/mol. The summed E-state index contributed by atoms with van der Waals surface area (Å²) in [5.41, 5.74) is 9.88. The van der Waals surface area contributed by atoms with Crippen molar-refractivity contribution in [3.8, 4) is 0 Å². The lowest BCUT2D eigenvalue weighted by Crippen LogP contribution is -2.30. The Morgan fingerprint density at radius 2 is 1.83 bits per heavy atom. The standard InChI is InChI=1S/C15H24N2O/c1-5-13(16)6-7-17-15(18)14-11(3)8-10(2)9-12(14)4/h8-9,13H,5-7,16H2,1-4H3,(H,17,18). The van der Waals surface area contributed by atoms with E-state index in [1.54, 1.807) is 0 Å². The second-order valence-electron chi connectivity index (χ2n) is 4.99.